The molecule has 0 bridgehead atoms. The van der Waals surface area contributed by atoms with Crippen molar-refractivity contribution in [2.45, 2.75) is 51.5 Å². The summed E-state index contributed by atoms with van der Waals surface area (Å²) in [5.41, 5.74) is -0.307. The van der Waals surface area contributed by atoms with Crippen LogP contribution in [0.15, 0.2) is 76.4 Å². The van der Waals surface area contributed by atoms with Gasteiger partial charge in [0.2, 0.25) is 0 Å². The Bertz CT molecular complexity index is 1210. The van der Waals surface area contributed by atoms with Crippen molar-refractivity contribution in [3.8, 4) is 0 Å². The van der Waals surface area contributed by atoms with Crippen LogP contribution in [0.4, 0.5) is 0 Å². The van der Waals surface area contributed by atoms with E-state index in [-0.39, 0.29) is 22.6 Å². The first-order valence-electron chi connectivity index (χ1n) is 12.0. The summed E-state index contributed by atoms with van der Waals surface area (Å²) in [6.07, 6.45) is 1.72. The molecule has 1 N–H and O–H groups in total. The maximum atomic E-state index is 12.5. The zero-order chi connectivity index (χ0) is 25.2. The van der Waals surface area contributed by atoms with Crippen LogP contribution in [0.1, 0.15) is 39.0 Å². The molecule has 6 nitrogen and oxygen atoms in total. The highest BCUT2D eigenvalue weighted by Gasteiger charge is 2.51. The number of halogens is 1. The van der Waals surface area contributed by atoms with Gasteiger partial charge in [0.1, 0.15) is 6.23 Å². The van der Waals surface area contributed by atoms with Gasteiger partial charge in [-0.3, -0.25) is 14.3 Å². The molecular weight excluding hydrogens is 571 g/mol. The van der Waals surface area contributed by atoms with Crippen LogP contribution >= 0.6 is 22.6 Å². The van der Waals surface area contributed by atoms with Gasteiger partial charge in [-0.1, -0.05) is 104 Å². The van der Waals surface area contributed by atoms with Crippen molar-refractivity contribution < 1.29 is 9.16 Å². The van der Waals surface area contributed by atoms with Gasteiger partial charge in [0.25, 0.3) is 13.9 Å². The van der Waals surface area contributed by atoms with Crippen LogP contribution in [-0.4, -0.2) is 35.0 Å². The lowest BCUT2D eigenvalue weighted by Gasteiger charge is -2.43. The predicted molar refractivity (Wildman–Crippen MR) is 151 cm³/mol. The van der Waals surface area contributed by atoms with E-state index in [0.717, 1.165) is 4.43 Å². The smallest absolute Gasteiger partial charge is 0.330 e. The number of aryl methyl sites for hydroxylation is 1. The molecule has 0 unspecified atom stereocenters. The lowest BCUT2D eigenvalue weighted by atomic mass is 10.0. The molecule has 0 saturated carbocycles. The van der Waals surface area contributed by atoms with Crippen LogP contribution in [0.25, 0.3) is 0 Å². The highest BCUT2D eigenvalue weighted by molar-refractivity contribution is 14.1. The van der Waals surface area contributed by atoms with E-state index in [0.29, 0.717) is 18.6 Å². The van der Waals surface area contributed by atoms with E-state index < -0.39 is 20.2 Å². The van der Waals surface area contributed by atoms with Gasteiger partial charge in [-0.15, -0.1) is 0 Å². The number of nitrogens with one attached hydrogen (secondary N) is 1. The SMILES string of the molecule is Cc1cn([C@H]2C[C@H](CI)[C@@H](CO[Si](c3ccccc3)(c3ccccc3)C(C)(C)C)O2)c(=O)[nH]c1=O. The van der Waals surface area contributed by atoms with Crippen molar-refractivity contribution in [1.29, 1.82) is 0 Å². The molecule has 35 heavy (non-hydrogen) atoms. The number of benzene rings is 2. The van der Waals surface area contributed by atoms with E-state index in [4.69, 9.17) is 9.16 Å². The fourth-order valence-corrected chi connectivity index (χ4v) is 10.6. The molecule has 0 radical (unpaired) electrons. The first kappa shape index (κ1) is 26.1. The van der Waals surface area contributed by atoms with Crippen molar-refractivity contribution >= 4 is 41.3 Å². The Balaban J connectivity index is 1.68. The molecule has 186 valence electrons. The van der Waals surface area contributed by atoms with E-state index in [1.807, 2.05) is 12.1 Å². The van der Waals surface area contributed by atoms with Crippen molar-refractivity contribution in [3.05, 3.63) is 93.3 Å². The average Bonchev–Trinajstić information content (AvgIpc) is 3.25. The molecule has 4 rings (SSSR count). The third kappa shape index (κ3) is 5.12. The van der Waals surface area contributed by atoms with E-state index in [9.17, 15) is 9.59 Å². The summed E-state index contributed by atoms with van der Waals surface area (Å²) in [5, 5.41) is 2.33. The summed E-state index contributed by atoms with van der Waals surface area (Å²) >= 11 is 2.39. The molecule has 1 aromatic heterocycles. The van der Waals surface area contributed by atoms with Gasteiger partial charge in [-0.05, 0) is 28.8 Å². The maximum absolute atomic E-state index is 12.5. The first-order chi connectivity index (χ1) is 16.7. The second kappa shape index (κ2) is 10.5. The molecule has 2 aromatic carbocycles. The lowest BCUT2D eigenvalue weighted by molar-refractivity contribution is -0.0276. The zero-order valence-electron chi connectivity index (χ0n) is 20.7. The number of ether oxygens (including phenoxy) is 1. The van der Waals surface area contributed by atoms with Crippen molar-refractivity contribution in [2.24, 2.45) is 5.92 Å². The third-order valence-corrected chi connectivity index (χ3v) is 13.0. The minimum absolute atomic E-state index is 0.125. The summed E-state index contributed by atoms with van der Waals surface area (Å²) in [6.45, 7) is 8.92. The normalized spacial score (nSPS) is 20.8. The largest absolute Gasteiger partial charge is 0.405 e. The number of aromatic amines is 1. The van der Waals surface area contributed by atoms with Gasteiger partial charge in [-0.25, -0.2) is 4.79 Å². The molecular formula is C27H33IN2O4Si. The molecule has 2 heterocycles. The van der Waals surface area contributed by atoms with E-state index in [1.54, 1.807) is 13.1 Å². The van der Waals surface area contributed by atoms with Crippen molar-refractivity contribution in [3.63, 3.8) is 0 Å². The molecule has 0 spiro atoms. The number of rotatable bonds is 7. The first-order valence-corrected chi connectivity index (χ1v) is 15.4. The molecule has 1 aliphatic heterocycles. The van der Waals surface area contributed by atoms with Crippen LogP contribution in [0.3, 0.4) is 0 Å². The maximum Gasteiger partial charge on any atom is 0.330 e. The van der Waals surface area contributed by atoms with Gasteiger partial charge in [0, 0.05) is 22.1 Å². The average molecular weight is 605 g/mol. The van der Waals surface area contributed by atoms with Gasteiger partial charge < -0.3 is 9.16 Å². The molecule has 0 aliphatic carbocycles. The summed E-state index contributed by atoms with van der Waals surface area (Å²) in [7, 11) is -2.69. The van der Waals surface area contributed by atoms with Gasteiger partial charge >= 0.3 is 5.69 Å². The minimum Gasteiger partial charge on any atom is -0.405 e. The summed E-state index contributed by atoms with van der Waals surface area (Å²) in [4.78, 5) is 26.7. The molecule has 0 amide bonds. The monoisotopic (exact) mass is 604 g/mol. The molecule has 1 aliphatic rings. The Hall–Kier alpha value is -2.01. The fourth-order valence-electron chi connectivity index (χ4n) is 5.06. The molecule has 1 fully saturated rings. The van der Waals surface area contributed by atoms with Crippen LogP contribution < -0.4 is 21.6 Å². The topological polar surface area (TPSA) is 73.3 Å². The van der Waals surface area contributed by atoms with Crippen LogP contribution in [0.2, 0.25) is 5.04 Å². The highest BCUT2D eigenvalue weighted by Crippen LogP contribution is 2.39. The number of aromatic nitrogens is 2. The van der Waals surface area contributed by atoms with E-state index in [1.165, 1.54) is 14.9 Å². The third-order valence-electron chi connectivity index (χ3n) is 6.90. The number of hydrogen-bond acceptors (Lipinski definition) is 4. The quantitative estimate of drug-likeness (QED) is 0.253. The van der Waals surface area contributed by atoms with Crippen LogP contribution in [0, 0.1) is 12.8 Å². The fraction of sp³-hybridized carbons (Fsp3) is 0.407. The predicted octanol–water partition coefficient (Wildman–Crippen LogP) is 3.76. The summed E-state index contributed by atoms with van der Waals surface area (Å²) < 4.78 is 15.9. The summed E-state index contributed by atoms with van der Waals surface area (Å²) in [6, 6.07) is 21.1. The van der Waals surface area contributed by atoms with Gasteiger partial charge in [0.15, 0.2) is 0 Å². The highest BCUT2D eigenvalue weighted by atomic mass is 127. The number of nitrogens with zero attached hydrogens (tertiary/aromatic N) is 1. The number of H-pyrrole nitrogens is 1. The minimum atomic E-state index is -2.69. The van der Waals surface area contributed by atoms with Crippen LogP contribution in [0.5, 0.6) is 0 Å². The van der Waals surface area contributed by atoms with Crippen molar-refractivity contribution in [2.75, 3.05) is 11.0 Å². The molecule has 3 aromatic rings. The van der Waals surface area contributed by atoms with Crippen LogP contribution in [-0.2, 0) is 9.16 Å². The Kier molecular flexibility index (Phi) is 7.85. The Morgan fingerprint density at radius 1 is 1.06 bits per heavy atom. The molecule has 1 saturated heterocycles. The number of hydrogen-bond donors (Lipinski definition) is 1. The second-order valence-electron chi connectivity index (χ2n) is 10.2. The van der Waals surface area contributed by atoms with Gasteiger partial charge in [0.05, 0.1) is 12.7 Å². The molecule has 3 atom stereocenters. The second-order valence-corrected chi connectivity index (χ2v) is 15.4. The standard InChI is InChI=1S/C27H33IN2O4Si/c1-19-17-30(26(32)29-25(19)31)24-15-20(16-28)23(34-24)18-33-35(27(2,3)4,21-11-7-5-8-12-21)22-13-9-6-10-14-22/h5-14,17,20,23-24H,15-16,18H2,1-4H3,(H,29,31,32)/t20-,23-,24-/m1/s1. The summed E-state index contributed by atoms with van der Waals surface area (Å²) in [5.74, 6) is 0.234. The lowest BCUT2D eigenvalue weighted by Crippen LogP contribution is -2.67. The number of alkyl halides is 1. The zero-order valence-corrected chi connectivity index (χ0v) is 23.8. The van der Waals surface area contributed by atoms with E-state index in [2.05, 4.69) is 96.9 Å². The Morgan fingerprint density at radius 2 is 1.63 bits per heavy atom. The van der Waals surface area contributed by atoms with Crippen molar-refractivity contribution in [1.82, 2.24) is 9.55 Å². The van der Waals surface area contributed by atoms with Gasteiger partial charge in [-0.2, -0.15) is 0 Å². The molecule has 8 heteroatoms. The Labute approximate surface area is 221 Å². The van der Waals surface area contributed by atoms with E-state index >= 15 is 0 Å². The Morgan fingerprint density at radius 3 is 2.14 bits per heavy atom.